The lowest BCUT2D eigenvalue weighted by Crippen LogP contribution is -2.17. The van der Waals surface area contributed by atoms with Gasteiger partial charge in [0, 0.05) is 18.8 Å². The van der Waals surface area contributed by atoms with Crippen LogP contribution >= 0.6 is 0 Å². The first-order chi connectivity index (χ1) is 7.40. The van der Waals surface area contributed by atoms with E-state index in [4.69, 9.17) is 4.74 Å². The van der Waals surface area contributed by atoms with E-state index in [1.807, 2.05) is 12.1 Å². The minimum absolute atomic E-state index is 0.572. The van der Waals surface area contributed by atoms with Gasteiger partial charge in [-0.15, -0.1) is 0 Å². The van der Waals surface area contributed by atoms with Crippen LogP contribution in [0.1, 0.15) is 12.8 Å². The predicted octanol–water partition coefficient (Wildman–Crippen LogP) is 2.85. The Labute approximate surface area is 91.2 Å². The second-order valence-electron chi connectivity index (χ2n) is 3.79. The highest BCUT2D eigenvalue weighted by molar-refractivity contribution is 5.49. The highest BCUT2D eigenvalue weighted by Gasteiger charge is 2.11. The maximum atomic E-state index is 5.44. The summed E-state index contributed by atoms with van der Waals surface area (Å²) in [6, 6.07) is 8.31. The van der Waals surface area contributed by atoms with E-state index in [1.165, 1.54) is 31.6 Å². The average molecular weight is 203 g/mol. The van der Waals surface area contributed by atoms with E-state index >= 15 is 0 Å². The van der Waals surface area contributed by atoms with Crippen LogP contribution in [0.3, 0.4) is 0 Å². The molecule has 80 valence electrons. The van der Waals surface area contributed by atoms with E-state index in [0.29, 0.717) is 6.61 Å². The Balaban J connectivity index is 1.99. The summed E-state index contributed by atoms with van der Waals surface area (Å²) in [6.07, 6.45) is 4.39. The van der Waals surface area contributed by atoms with Gasteiger partial charge in [-0.05, 0) is 37.1 Å². The molecule has 15 heavy (non-hydrogen) atoms. The summed E-state index contributed by atoms with van der Waals surface area (Å²) in [6.45, 7) is 6.57. The molecule has 2 rings (SSSR count). The number of nitrogens with zero attached hydrogens (tertiary/aromatic N) is 1. The summed E-state index contributed by atoms with van der Waals surface area (Å²) in [5.41, 5.74) is 1.30. The van der Waals surface area contributed by atoms with E-state index in [9.17, 15) is 0 Å². The third kappa shape index (κ3) is 2.52. The van der Waals surface area contributed by atoms with E-state index in [2.05, 4.69) is 23.6 Å². The summed E-state index contributed by atoms with van der Waals surface area (Å²) in [7, 11) is 0. The van der Waals surface area contributed by atoms with Gasteiger partial charge in [-0.1, -0.05) is 12.7 Å². The minimum Gasteiger partial charge on any atom is -0.490 e. The molecule has 2 nitrogen and oxygen atoms in total. The van der Waals surface area contributed by atoms with Gasteiger partial charge < -0.3 is 9.64 Å². The molecule has 0 bridgehead atoms. The molecule has 0 spiro atoms. The smallest absolute Gasteiger partial charge is 0.119 e. The zero-order valence-corrected chi connectivity index (χ0v) is 8.98. The summed E-state index contributed by atoms with van der Waals surface area (Å²) in [5.74, 6) is 0.915. The van der Waals surface area contributed by atoms with Crippen LogP contribution in [-0.4, -0.2) is 19.7 Å². The number of rotatable bonds is 4. The molecule has 1 aromatic carbocycles. The van der Waals surface area contributed by atoms with Gasteiger partial charge >= 0.3 is 0 Å². The van der Waals surface area contributed by atoms with Crippen molar-refractivity contribution in [3.8, 4) is 5.75 Å². The number of anilines is 1. The van der Waals surface area contributed by atoms with Crippen LogP contribution in [0.25, 0.3) is 0 Å². The second kappa shape index (κ2) is 4.87. The first-order valence-electron chi connectivity index (χ1n) is 5.49. The molecular weight excluding hydrogens is 186 g/mol. The molecule has 1 aromatic rings. The van der Waals surface area contributed by atoms with E-state index in [1.54, 1.807) is 6.08 Å². The fraction of sp³-hybridized carbons (Fsp3) is 0.385. The molecule has 0 unspecified atom stereocenters. The SMILES string of the molecule is C=CCOc1ccc(N2CCCC2)cc1. The van der Waals surface area contributed by atoms with Crippen molar-refractivity contribution in [2.24, 2.45) is 0 Å². The van der Waals surface area contributed by atoms with E-state index < -0.39 is 0 Å². The molecule has 0 atom stereocenters. The summed E-state index contributed by atoms with van der Waals surface area (Å²) in [4.78, 5) is 2.41. The molecule has 1 aliphatic heterocycles. The van der Waals surface area contributed by atoms with Crippen LogP contribution in [0.2, 0.25) is 0 Å². The molecule has 1 fully saturated rings. The van der Waals surface area contributed by atoms with Crippen molar-refractivity contribution in [3.05, 3.63) is 36.9 Å². The summed E-state index contributed by atoms with van der Waals surface area (Å²) < 4.78 is 5.44. The van der Waals surface area contributed by atoms with Gasteiger partial charge in [0.25, 0.3) is 0 Å². The molecule has 0 aliphatic carbocycles. The van der Waals surface area contributed by atoms with Crippen molar-refractivity contribution in [1.82, 2.24) is 0 Å². The normalized spacial score (nSPS) is 15.3. The van der Waals surface area contributed by atoms with Gasteiger partial charge in [0.05, 0.1) is 0 Å². The fourth-order valence-electron chi connectivity index (χ4n) is 1.88. The minimum atomic E-state index is 0.572. The van der Waals surface area contributed by atoms with E-state index in [0.717, 1.165) is 5.75 Å². The van der Waals surface area contributed by atoms with Crippen molar-refractivity contribution in [3.63, 3.8) is 0 Å². The number of benzene rings is 1. The summed E-state index contributed by atoms with van der Waals surface area (Å²) in [5, 5.41) is 0. The fourth-order valence-corrected chi connectivity index (χ4v) is 1.88. The van der Waals surface area contributed by atoms with Crippen molar-refractivity contribution in [2.75, 3.05) is 24.6 Å². The van der Waals surface area contributed by atoms with Crippen LogP contribution in [0.4, 0.5) is 5.69 Å². The molecule has 0 aromatic heterocycles. The van der Waals surface area contributed by atoms with Crippen LogP contribution in [-0.2, 0) is 0 Å². The number of hydrogen-bond donors (Lipinski definition) is 0. The lowest BCUT2D eigenvalue weighted by molar-refractivity contribution is 0.363. The lowest BCUT2D eigenvalue weighted by Gasteiger charge is -2.17. The van der Waals surface area contributed by atoms with Gasteiger partial charge in [-0.3, -0.25) is 0 Å². The van der Waals surface area contributed by atoms with Gasteiger partial charge in [-0.25, -0.2) is 0 Å². The molecule has 0 N–H and O–H groups in total. The van der Waals surface area contributed by atoms with Gasteiger partial charge in [0.2, 0.25) is 0 Å². The number of hydrogen-bond acceptors (Lipinski definition) is 2. The zero-order valence-electron chi connectivity index (χ0n) is 8.98. The molecular formula is C13H17NO. The van der Waals surface area contributed by atoms with Crippen LogP contribution in [0.15, 0.2) is 36.9 Å². The van der Waals surface area contributed by atoms with Gasteiger partial charge in [0.1, 0.15) is 12.4 Å². The molecule has 0 amide bonds. The third-order valence-corrected chi connectivity index (χ3v) is 2.68. The maximum Gasteiger partial charge on any atom is 0.119 e. The standard InChI is InChI=1S/C13H17NO/c1-2-11-15-13-7-5-12(6-8-13)14-9-3-4-10-14/h2,5-8H,1,3-4,9-11H2. The van der Waals surface area contributed by atoms with Gasteiger partial charge in [-0.2, -0.15) is 0 Å². The largest absolute Gasteiger partial charge is 0.490 e. The first kappa shape index (κ1) is 10.1. The molecule has 0 radical (unpaired) electrons. The van der Waals surface area contributed by atoms with Crippen LogP contribution < -0.4 is 9.64 Å². The van der Waals surface area contributed by atoms with Crippen molar-refractivity contribution in [2.45, 2.75) is 12.8 Å². The Morgan fingerprint density at radius 3 is 2.47 bits per heavy atom. The van der Waals surface area contributed by atoms with Crippen molar-refractivity contribution < 1.29 is 4.74 Å². The molecule has 1 aliphatic rings. The Kier molecular flexibility index (Phi) is 3.28. The van der Waals surface area contributed by atoms with Crippen LogP contribution in [0, 0.1) is 0 Å². The Hall–Kier alpha value is -1.44. The molecule has 1 heterocycles. The van der Waals surface area contributed by atoms with Crippen molar-refractivity contribution >= 4 is 5.69 Å². The second-order valence-corrected chi connectivity index (χ2v) is 3.79. The highest BCUT2D eigenvalue weighted by atomic mass is 16.5. The quantitative estimate of drug-likeness (QED) is 0.698. The molecule has 1 saturated heterocycles. The Morgan fingerprint density at radius 1 is 1.20 bits per heavy atom. The molecule has 2 heteroatoms. The van der Waals surface area contributed by atoms with Crippen LogP contribution in [0.5, 0.6) is 5.75 Å². The maximum absolute atomic E-state index is 5.44. The monoisotopic (exact) mass is 203 g/mol. The Bertz CT molecular complexity index is 312. The average Bonchev–Trinajstić information content (AvgIpc) is 2.80. The first-order valence-corrected chi connectivity index (χ1v) is 5.49. The lowest BCUT2D eigenvalue weighted by atomic mass is 10.3. The third-order valence-electron chi connectivity index (χ3n) is 2.68. The molecule has 0 saturated carbocycles. The summed E-state index contributed by atoms with van der Waals surface area (Å²) >= 11 is 0. The topological polar surface area (TPSA) is 12.5 Å². The highest BCUT2D eigenvalue weighted by Crippen LogP contribution is 2.22. The van der Waals surface area contributed by atoms with Crippen molar-refractivity contribution in [1.29, 1.82) is 0 Å². The predicted molar refractivity (Wildman–Crippen MR) is 63.6 cm³/mol. The van der Waals surface area contributed by atoms with E-state index in [-0.39, 0.29) is 0 Å². The zero-order chi connectivity index (χ0) is 10.5. The Morgan fingerprint density at radius 2 is 1.87 bits per heavy atom. The van der Waals surface area contributed by atoms with Gasteiger partial charge in [0.15, 0.2) is 0 Å². The number of ether oxygens (including phenoxy) is 1.